The number of fused-ring (bicyclic) bond motifs is 1. The van der Waals surface area contributed by atoms with E-state index >= 15 is 0 Å². The van der Waals surface area contributed by atoms with Crippen LogP contribution < -0.4 is 10.6 Å². The molecule has 4 atom stereocenters. The zero-order valence-electron chi connectivity index (χ0n) is 22.6. The molecule has 2 saturated heterocycles. The quantitative estimate of drug-likeness (QED) is 0.232. The van der Waals surface area contributed by atoms with Gasteiger partial charge in [-0.05, 0) is 37.9 Å². The van der Waals surface area contributed by atoms with Gasteiger partial charge in [-0.1, -0.05) is 48.8 Å². The second-order valence-electron chi connectivity index (χ2n) is 10.4. The van der Waals surface area contributed by atoms with Crippen molar-refractivity contribution in [2.45, 2.75) is 63.7 Å². The first-order valence-corrected chi connectivity index (χ1v) is 14.1. The number of hydrogen-bond donors (Lipinski definition) is 4. The van der Waals surface area contributed by atoms with Gasteiger partial charge in [0.2, 0.25) is 5.95 Å². The summed E-state index contributed by atoms with van der Waals surface area (Å²) in [4.78, 5) is 16.5. The molecule has 3 aromatic heterocycles. The highest BCUT2D eigenvalue weighted by atomic mass is 16.6. The number of piperidine rings is 1. The average molecular weight is 549 g/mol. The zero-order chi connectivity index (χ0) is 27.5. The summed E-state index contributed by atoms with van der Waals surface area (Å²) >= 11 is 0. The van der Waals surface area contributed by atoms with Crippen LogP contribution in [-0.2, 0) is 17.7 Å². The summed E-state index contributed by atoms with van der Waals surface area (Å²) in [5.74, 6) is 1.39. The van der Waals surface area contributed by atoms with Crippen molar-refractivity contribution in [2.24, 2.45) is 0 Å². The second-order valence-corrected chi connectivity index (χ2v) is 10.4. The first-order valence-electron chi connectivity index (χ1n) is 14.1. The largest absolute Gasteiger partial charge is 0.387 e. The molecule has 5 heterocycles. The number of anilines is 2. The molecule has 0 spiro atoms. The Morgan fingerprint density at radius 2 is 1.85 bits per heavy atom. The third-order valence-corrected chi connectivity index (χ3v) is 7.62. The van der Waals surface area contributed by atoms with Gasteiger partial charge in [-0.2, -0.15) is 9.97 Å². The van der Waals surface area contributed by atoms with Crippen LogP contribution in [0.3, 0.4) is 0 Å². The zero-order valence-corrected chi connectivity index (χ0v) is 22.6. The molecule has 2 aliphatic rings. The molecule has 0 unspecified atom stereocenters. The van der Waals surface area contributed by atoms with Crippen molar-refractivity contribution >= 4 is 22.9 Å². The standard InChI is InChI=1S/C28H36N8O4/c1-2-19-15-20(40-34-19)24-22(37)23(38)27(39-24)36-17-31-21-25(30-16-18-9-5-3-6-10-18)32-28(33-26(21)36)29-11-14-35-12-7-4-8-13-35/h3,5-6,9-10,15,17,22-24,27,37-38H,2,4,7-8,11-14,16H2,1H3,(H2,29,30,32,33)/t22-,23+,24+,27+/m0/s1. The van der Waals surface area contributed by atoms with Crippen LogP contribution in [0.4, 0.5) is 11.8 Å². The van der Waals surface area contributed by atoms with Crippen LogP contribution in [0.2, 0.25) is 0 Å². The third-order valence-electron chi connectivity index (χ3n) is 7.62. The number of aromatic nitrogens is 5. The van der Waals surface area contributed by atoms with Gasteiger partial charge in [0, 0.05) is 25.7 Å². The lowest BCUT2D eigenvalue weighted by molar-refractivity contribution is -0.0434. The Kier molecular flexibility index (Phi) is 7.91. The summed E-state index contributed by atoms with van der Waals surface area (Å²) in [6.07, 6.45) is 1.77. The minimum absolute atomic E-state index is 0.371. The number of hydrogen-bond acceptors (Lipinski definition) is 11. The number of aryl methyl sites for hydroxylation is 1. The van der Waals surface area contributed by atoms with Crippen molar-refractivity contribution in [2.75, 3.05) is 36.8 Å². The van der Waals surface area contributed by atoms with E-state index in [-0.39, 0.29) is 0 Å². The smallest absolute Gasteiger partial charge is 0.226 e. The van der Waals surface area contributed by atoms with Crippen LogP contribution in [0.1, 0.15) is 55.5 Å². The molecule has 1 aromatic carbocycles. The number of aliphatic hydroxyl groups excluding tert-OH is 2. The first kappa shape index (κ1) is 26.6. The van der Waals surface area contributed by atoms with Crippen LogP contribution in [0, 0.1) is 0 Å². The van der Waals surface area contributed by atoms with E-state index in [9.17, 15) is 10.2 Å². The molecule has 6 rings (SSSR count). The Morgan fingerprint density at radius 3 is 2.62 bits per heavy atom. The summed E-state index contributed by atoms with van der Waals surface area (Å²) in [5, 5.41) is 32.6. The minimum Gasteiger partial charge on any atom is -0.387 e. The van der Waals surface area contributed by atoms with Crippen molar-refractivity contribution in [3.63, 3.8) is 0 Å². The summed E-state index contributed by atoms with van der Waals surface area (Å²) in [7, 11) is 0. The van der Waals surface area contributed by atoms with Gasteiger partial charge in [0.25, 0.3) is 0 Å². The highest BCUT2D eigenvalue weighted by Gasteiger charge is 2.47. The monoisotopic (exact) mass is 548 g/mol. The van der Waals surface area contributed by atoms with Crippen LogP contribution in [0.5, 0.6) is 0 Å². The maximum atomic E-state index is 11.0. The maximum absolute atomic E-state index is 11.0. The highest BCUT2D eigenvalue weighted by molar-refractivity contribution is 5.84. The van der Waals surface area contributed by atoms with Gasteiger partial charge in [0.05, 0.1) is 12.0 Å². The molecule has 12 nitrogen and oxygen atoms in total. The summed E-state index contributed by atoms with van der Waals surface area (Å²) < 4.78 is 13.2. The number of ether oxygens (including phenoxy) is 1. The summed E-state index contributed by atoms with van der Waals surface area (Å²) in [6, 6.07) is 11.8. The summed E-state index contributed by atoms with van der Waals surface area (Å²) in [5.41, 5.74) is 2.88. The maximum Gasteiger partial charge on any atom is 0.226 e. The van der Waals surface area contributed by atoms with Crippen molar-refractivity contribution in [1.29, 1.82) is 0 Å². The van der Waals surface area contributed by atoms with Gasteiger partial charge in [0.15, 0.2) is 29.0 Å². The van der Waals surface area contributed by atoms with E-state index in [1.807, 2.05) is 37.3 Å². The number of imidazole rings is 1. The Hall–Kier alpha value is -3.58. The Labute approximate surface area is 232 Å². The molecule has 4 N–H and O–H groups in total. The number of aliphatic hydroxyl groups is 2. The predicted octanol–water partition coefficient (Wildman–Crippen LogP) is 2.88. The molecule has 2 fully saturated rings. The van der Waals surface area contributed by atoms with Crippen LogP contribution in [-0.4, -0.2) is 78.2 Å². The molecule has 40 heavy (non-hydrogen) atoms. The fourth-order valence-corrected chi connectivity index (χ4v) is 5.35. The third kappa shape index (κ3) is 5.52. The minimum atomic E-state index is -1.23. The van der Waals surface area contributed by atoms with Crippen molar-refractivity contribution in [3.05, 3.63) is 59.7 Å². The van der Waals surface area contributed by atoms with E-state index in [2.05, 4.69) is 25.7 Å². The van der Waals surface area contributed by atoms with E-state index in [0.29, 0.717) is 48.2 Å². The molecule has 0 saturated carbocycles. The molecular weight excluding hydrogens is 512 g/mol. The normalized spacial score (nSPS) is 23.6. The van der Waals surface area contributed by atoms with Crippen LogP contribution in [0.25, 0.3) is 11.2 Å². The lowest BCUT2D eigenvalue weighted by Gasteiger charge is -2.26. The predicted molar refractivity (Wildman–Crippen MR) is 149 cm³/mol. The Bertz CT molecular complexity index is 1400. The first-order chi connectivity index (χ1) is 19.6. The molecule has 0 aliphatic carbocycles. The number of rotatable bonds is 10. The van der Waals surface area contributed by atoms with E-state index in [1.165, 1.54) is 19.3 Å². The molecule has 2 aliphatic heterocycles. The van der Waals surface area contributed by atoms with Gasteiger partial charge in [-0.3, -0.25) is 4.57 Å². The van der Waals surface area contributed by atoms with E-state index in [4.69, 9.17) is 19.2 Å². The van der Waals surface area contributed by atoms with Crippen molar-refractivity contribution < 1.29 is 19.5 Å². The fourth-order valence-electron chi connectivity index (χ4n) is 5.35. The van der Waals surface area contributed by atoms with Crippen LogP contribution >= 0.6 is 0 Å². The molecule has 0 bridgehead atoms. The Morgan fingerprint density at radius 1 is 1.02 bits per heavy atom. The molecule has 212 valence electrons. The van der Waals surface area contributed by atoms with Gasteiger partial charge < -0.3 is 35.0 Å². The topological polar surface area (TPSA) is 147 Å². The molecule has 12 heteroatoms. The number of benzene rings is 1. The van der Waals surface area contributed by atoms with Gasteiger partial charge in [0.1, 0.15) is 18.3 Å². The average Bonchev–Trinajstić information content (AvgIpc) is 3.71. The molecule has 0 radical (unpaired) electrons. The van der Waals surface area contributed by atoms with Gasteiger partial charge in [-0.15, -0.1) is 0 Å². The van der Waals surface area contributed by atoms with Crippen molar-refractivity contribution in [1.82, 2.24) is 29.6 Å². The fraction of sp³-hybridized carbons (Fsp3) is 0.500. The molecule has 4 aromatic rings. The van der Waals surface area contributed by atoms with Gasteiger partial charge in [-0.25, -0.2) is 4.98 Å². The molecular formula is C28H36N8O4. The van der Waals surface area contributed by atoms with E-state index in [0.717, 1.165) is 30.9 Å². The van der Waals surface area contributed by atoms with E-state index < -0.39 is 24.5 Å². The molecule has 0 amide bonds. The SMILES string of the molecule is CCc1cc([C@H]2O[C@@H](n3cnc4c(NCc5ccccc5)nc(NCCN5CCCCC5)nc43)[C@H](O)[C@@H]2O)on1. The number of nitrogens with zero attached hydrogens (tertiary/aromatic N) is 6. The highest BCUT2D eigenvalue weighted by Crippen LogP contribution is 2.40. The summed E-state index contributed by atoms with van der Waals surface area (Å²) in [6.45, 7) is 6.36. The lowest BCUT2D eigenvalue weighted by Crippen LogP contribution is -2.34. The van der Waals surface area contributed by atoms with Crippen LogP contribution in [0.15, 0.2) is 47.2 Å². The number of likely N-dealkylation sites (tertiary alicyclic amines) is 1. The number of nitrogens with one attached hydrogen (secondary N) is 2. The Balaban J connectivity index is 1.27. The van der Waals surface area contributed by atoms with E-state index in [1.54, 1.807) is 17.0 Å². The van der Waals surface area contributed by atoms with Crippen molar-refractivity contribution in [3.8, 4) is 0 Å². The lowest BCUT2D eigenvalue weighted by atomic mass is 10.1. The second kappa shape index (κ2) is 11.9. The van der Waals surface area contributed by atoms with Gasteiger partial charge >= 0.3 is 0 Å².